The van der Waals surface area contributed by atoms with E-state index in [-0.39, 0.29) is 15.9 Å². The number of benzene rings is 1. The van der Waals surface area contributed by atoms with E-state index in [1.165, 1.54) is 6.07 Å². The summed E-state index contributed by atoms with van der Waals surface area (Å²) >= 11 is 1.16. The highest BCUT2D eigenvalue weighted by atomic mass is 32.2. The average molecular weight is 430 g/mol. The number of nitrogens with zero attached hydrogens (tertiary/aromatic N) is 1. The van der Waals surface area contributed by atoms with Crippen molar-refractivity contribution in [2.75, 3.05) is 18.4 Å². The summed E-state index contributed by atoms with van der Waals surface area (Å²) in [5, 5.41) is 4.18. The number of anilines is 1. The van der Waals surface area contributed by atoms with Gasteiger partial charge in [-0.15, -0.1) is 11.3 Å². The van der Waals surface area contributed by atoms with Gasteiger partial charge in [0.15, 0.2) is 0 Å². The Balaban J connectivity index is 1.53. The molecule has 1 aliphatic rings. The van der Waals surface area contributed by atoms with Crippen molar-refractivity contribution in [3.63, 3.8) is 0 Å². The molecule has 0 saturated carbocycles. The lowest BCUT2D eigenvalue weighted by Crippen LogP contribution is -2.50. The number of nitrogens with one attached hydrogen (secondary N) is 2. The first-order valence-electron chi connectivity index (χ1n) is 8.82. The van der Waals surface area contributed by atoms with Crippen LogP contribution in [0.25, 0.3) is 0 Å². The molecule has 6 nitrogen and oxygen atoms in total. The lowest BCUT2D eigenvalue weighted by Gasteiger charge is -2.35. The van der Waals surface area contributed by atoms with E-state index in [0.29, 0.717) is 32.0 Å². The Kier molecular flexibility index (Phi) is 6.43. The minimum atomic E-state index is -3.52. The van der Waals surface area contributed by atoms with Gasteiger partial charge in [0.1, 0.15) is 15.8 Å². The molecule has 0 spiro atoms. The first kappa shape index (κ1) is 20.8. The van der Waals surface area contributed by atoms with Crippen molar-refractivity contribution in [2.45, 2.75) is 36.1 Å². The Morgan fingerprint density at radius 2 is 1.96 bits per heavy atom. The van der Waals surface area contributed by atoms with Crippen molar-refractivity contribution >= 4 is 33.0 Å². The first-order chi connectivity index (χ1) is 13.3. The summed E-state index contributed by atoms with van der Waals surface area (Å²) in [5.41, 5.74) is -0.0724. The molecule has 2 aromatic rings. The summed E-state index contributed by atoms with van der Waals surface area (Å²) in [4.78, 5) is 14.3. The molecule has 3 rings (SSSR count). The number of carbonyl (C=O) groups excluding carboxylic acids is 1. The smallest absolute Gasteiger partial charge is 0.250 e. The van der Waals surface area contributed by atoms with Gasteiger partial charge in [0, 0.05) is 25.2 Å². The minimum Gasteiger partial charge on any atom is -0.322 e. The van der Waals surface area contributed by atoms with E-state index in [9.17, 15) is 22.0 Å². The molecule has 1 aliphatic heterocycles. The zero-order valence-corrected chi connectivity index (χ0v) is 16.8. The van der Waals surface area contributed by atoms with Crippen molar-refractivity contribution in [1.82, 2.24) is 9.62 Å². The van der Waals surface area contributed by atoms with Gasteiger partial charge < -0.3 is 5.32 Å². The largest absolute Gasteiger partial charge is 0.322 e. The standard InChI is InChI=1S/C18H21F2N3O3S2/c1-12(18(24)21-16-5-4-13(19)11-15(16)20)23-8-6-14(7-9-23)22-28(25,26)17-3-2-10-27-17/h2-5,10-12,14,22H,6-9H2,1H3,(H,21,24). The van der Waals surface area contributed by atoms with Crippen LogP contribution >= 0.6 is 11.3 Å². The number of hydrogen-bond donors (Lipinski definition) is 2. The van der Waals surface area contributed by atoms with Crippen LogP contribution in [0.2, 0.25) is 0 Å². The fourth-order valence-electron chi connectivity index (χ4n) is 3.09. The highest BCUT2D eigenvalue weighted by Gasteiger charge is 2.29. The fraction of sp³-hybridized carbons (Fsp3) is 0.389. The Bertz CT molecular complexity index is 928. The van der Waals surface area contributed by atoms with Crippen LogP contribution in [0.5, 0.6) is 0 Å². The molecule has 1 saturated heterocycles. The quantitative estimate of drug-likeness (QED) is 0.740. The number of likely N-dealkylation sites (tertiary alicyclic amines) is 1. The van der Waals surface area contributed by atoms with Crippen LogP contribution in [0.15, 0.2) is 39.9 Å². The molecule has 1 aromatic heterocycles. The minimum absolute atomic E-state index is 0.0724. The molecule has 0 aliphatic carbocycles. The van der Waals surface area contributed by atoms with E-state index >= 15 is 0 Å². The van der Waals surface area contributed by atoms with E-state index in [2.05, 4.69) is 10.0 Å². The van der Waals surface area contributed by atoms with Crippen molar-refractivity contribution in [1.29, 1.82) is 0 Å². The zero-order valence-electron chi connectivity index (χ0n) is 15.2. The van der Waals surface area contributed by atoms with Crippen molar-refractivity contribution in [2.24, 2.45) is 0 Å². The van der Waals surface area contributed by atoms with Gasteiger partial charge in [-0.3, -0.25) is 9.69 Å². The maximum atomic E-state index is 13.7. The predicted molar refractivity (Wildman–Crippen MR) is 104 cm³/mol. The van der Waals surface area contributed by atoms with Crippen LogP contribution in [-0.4, -0.2) is 44.4 Å². The third kappa shape index (κ3) is 4.93. The molecule has 2 N–H and O–H groups in total. The van der Waals surface area contributed by atoms with Crippen molar-refractivity contribution in [3.05, 3.63) is 47.3 Å². The second kappa shape index (κ2) is 8.64. The number of thiophene rings is 1. The Morgan fingerprint density at radius 1 is 1.25 bits per heavy atom. The Labute approximate surface area is 166 Å². The molecule has 152 valence electrons. The van der Waals surface area contributed by atoms with Gasteiger partial charge in [-0.05, 0) is 43.3 Å². The molecule has 10 heteroatoms. The predicted octanol–water partition coefficient (Wildman–Crippen LogP) is 2.80. The number of carbonyl (C=O) groups is 1. The van der Waals surface area contributed by atoms with Gasteiger partial charge in [0.2, 0.25) is 15.9 Å². The lowest BCUT2D eigenvalue weighted by atomic mass is 10.0. The van der Waals surface area contributed by atoms with Crippen LogP contribution in [0.3, 0.4) is 0 Å². The van der Waals surface area contributed by atoms with E-state index < -0.39 is 33.6 Å². The zero-order chi connectivity index (χ0) is 20.3. The maximum Gasteiger partial charge on any atom is 0.250 e. The topological polar surface area (TPSA) is 78.5 Å². The van der Waals surface area contributed by atoms with E-state index in [4.69, 9.17) is 0 Å². The van der Waals surface area contributed by atoms with Crippen molar-refractivity contribution in [3.8, 4) is 0 Å². The number of hydrogen-bond acceptors (Lipinski definition) is 5. The second-order valence-corrected chi connectivity index (χ2v) is 9.54. The van der Waals surface area contributed by atoms with Crippen molar-refractivity contribution < 1.29 is 22.0 Å². The van der Waals surface area contributed by atoms with Crippen LogP contribution in [0.1, 0.15) is 19.8 Å². The molecule has 1 fully saturated rings. The van der Waals surface area contributed by atoms with E-state index in [0.717, 1.165) is 17.4 Å². The number of halogens is 2. The Hall–Kier alpha value is -1.88. The molecule has 1 unspecified atom stereocenters. The molecular formula is C18H21F2N3O3S2. The molecule has 1 atom stereocenters. The van der Waals surface area contributed by atoms with Gasteiger partial charge in [0.25, 0.3) is 0 Å². The molecule has 1 aromatic carbocycles. The molecular weight excluding hydrogens is 408 g/mol. The summed E-state index contributed by atoms with van der Waals surface area (Å²) in [6.07, 6.45) is 1.13. The number of amides is 1. The second-order valence-electron chi connectivity index (χ2n) is 6.65. The highest BCUT2D eigenvalue weighted by Crippen LogP contribution is 2.21. The van der Waals surface area contributed by atoms with Crippen LogP contribution in [0, 0.1) is 11.6 Å². The monoisotopic (exact) mass is 429 g/mol. The summed E-state index contributed by atoms with van der Waals surface area (Å²) < 4.78 is 54.3. The number of rotatable bonds is 6. The lowest BCUT2D eigenvalue weighted by molar-refractivity contribution is -0.121. The highest BCUT2D eigenvalue weighted by molar-refractivity contribution is 7.91. The third-order valence-corrected chi connectivity index (χ3v) is 7.65. The molecule has 2 heterocycles. The SMILES string of the molecule is CC(C(=O)Nc1ccc(F)cc1F)N1CCC(NS(=O)(=O)c2cccs2)CC1. The van der Waals surface area contributed by atoms with Crippen LogP contribution in [0.4, 0.5) is 14.5 Å². The summed E-state index contributed by atoms with van der Waals surface area (Å²) in [6, 6.07) is 5.49. The van der Waals surface area contributed by atoms with Gasteiger partial charge in [-0.2, -0.15) is 0 Å². The summed E-state index contributed by atoms with van der Waals surface area (Å²) in [6.45, 7) is 2.75. The Morgan fingerprint density at radius 3 is 2.57 bits per heavy atom. The summed E-state index contributed by atoms with van der Waals surface area (Å²) in [7, 11) is -3.52. The first-order valence-corrected chi connectivity index (χ1v) is 11.2. The summed E-state index contributed by atoms with van der Waals surface area (Å²) in [5.74, 6) is -1.94. The van der Waals surface area contributed by atoms with Gasteiger partial charge in [-0.1, -0.05) is 6.07 Å². The average Bonchev–Trinajstić information content (AvgIpc) is 3.19. The molecule has 1 amide bonds. The van der Waals surface area contributed by atoms with Gasteiger partial charge in [0.05, 0.1) is 11.7 Å². The van der Waals surface area contributed by atoms with Gasteiger partial charge in [-0.25, -0.2) is 21.9 Å². The van der Waals surface area contributed by atoms with Gasteiger partial charge >= 0.3 is 0 Å². The van der Waals surface area contributed by atoms with E-state index in [1.807, 2.05) is 4.90 Å². The number of piperidine rings is 1. The van der Waals surface area contributed by atoms with Crippen LogP contribution < -0.4 is 10.0 Å². The van der Waals surface area contributed by atoms with Crippen LogP contribution in [-0.2, 0) is 14.8 Å². The fourth-order valence-corrected chi connectivity index (χ4v) is 5.41. The normalized spacial score (nSPS) is 17.4. The molecule has 0 radical (unpaired) electrons. The molecule has 28 heavy (non-hydrogen) atoms. The molecule has 0 bridgehead atoms. The van der Waals surface area contributed by atoms with E-state index in [1.54, 1.807) is 24.4 Å². The third-order valence-electron chi connectivity index (χ3n) is 4.73. The number of sulfonamides is 1. The maximum absolute atomic E-state index is 13.7.